The number of hydrogen-bond donors (Lipinski definition) is 1. The quantitative estimate of drug-likeness (QED) is 0.937. The van der Waals surface area contributed by atoms with E-state index in [0.717, 1.165) is 0 Å². The summed E-state index contributed by atoms with van der Waals surface area (Å²) >= 11 is 3.21. The lowest BCUT2D eigenvalue weighted by molar-refractivity contribution is 0.102. The number of benzene rings is 1. The summed E-state index contributed by atoms with van der Waals surface area (Å²) in [4.78, 5) is 16.0. The first kappa shape index (κ1) is 14.2. The van der Waals surface area contributed by atoms with Crippen molar-refractivity contribution in [3.63, 3.8) is 0 Å². The normalized spacial score (nSPS) is 9.85. The van der Waals surface area contributed by atoms with Gasteiger partial charge in [0, 0.05) is 16.2 Å². The molecule has 100 valence electrons. The molecule has 0 radical (unpaired) electrons. The third-order valence-corrected chi connectivity index (χ3v) is 3.01. The van der Waals surface area contributed by atoms with Crippen LogP contribution in [0.1, 0.15) is 16.1 Å². The highest BCUT2D eigenvalue weighted by Gasteiger charge is 2.10. The van der Waals surface area contributed by atoms with Crippen molar-refractivity contribution in [3.05, 3.63) is 58.1 Å². The van der Waals surface area contributed by atoms with Crippen molar-refractivity contribution in [2.45, 2.75) is 6.42 Å². The summed E-state index contributed by atoms with van der Waals surface area (Å²) in [5.74, 6) is -0.976. The topological polar surface area (TPSA) is 65.8 Å². The molecule has 4 nitrogen and oxygen atoms in total. The highest BCUT2D eigenvalue weighted by molar-refractivity contribution is 9.10. The van der Waals surface area contributed by atoms with Crippen molar-refractivity contribution < 1.29 is 9.18 Å². The van der Waals surface area contributed by atoms with Crippen LogP contribution in [-0.4, -0.2) is 10.9 Å². The van der Waals surface area contributed by atoms with Crippen LogP contribution in [-0.2, 0) is 6.42 Å². The number of hydrogen-bond acceptors (Lipinski definition) is 3. The molecule has 1 aromatic carbocycles. The number of nitrogens with one attached hydrogen (secondary N) is 1. The highest BCUT2D eigenvalue weighted by atomic mass is 79.9. The van der Waals surface area contributed by atoms with Crippen LogP contribution >= 0.6 is 15.9 Å². The van der Waals surface area contributed by atoms with Crippen LogP contribution < -0.4 is 5.32 Å². The number of rotatable bonds is 3. The molecule has 0 aliphatic rings. The van der Waals surface area contributed by atoms with E-state index in [2.05, 4.69) is 26.2 Å². The molecule has 0 spiro atoms. The van der Waals surface area contributed by atoms with E-state index in [1.807, 2.05) is 6.07 Å². The zero-order valence-corrected chi connectivity index (χ0v) is 11.8. The summed E-state index contributed by atoms with van der Waals surface area (Å²) in [6.45, 7) is 0. The maximum atomic E-state index is 13.6. The van der Waals surface area contributed by atoms with Crippen LogP contribution in [0.15, 0.2) is 41.0 Å². The third-order valence-electron chi connectivity index (χ3n) is 2.52. The number of nitriles is 1. The fourth-order valence-electron chi connectivity index (χ4n) is 1.58. The van der Waals surface area contributed by atoms with Gasteiger partial charge >= 0.3 is 0 Å². The van der Waals surface area contributed by atoms with E-state index < -0.39 is 11.7 Å². The number of amides is 1. The number of pyridine rings is 1. The van der Waals surface area contributed by atoms with Gasteiger partial charge in [-0.25, -0.2) is 4.39 Å². The molecule has 0 bridgehead atoms. The molecule has 1 aromatic heterocycles. The van der Waals surface area contributed by atoms with Gasteiger partial charge in [-0.3, -0.25) is 9.78 Å². The van der Waals surface area contributed by atoms with Crippen molar-refractivity contribution in [2.24, 2.45) is 0 Å². The van der Waals surface area contributed by atoms with E-state index in [9.17, 15) is 9.18 Å². The minimum absolute atomic E-state index is 0.0861. The summed E-state index contributed by atoms with van der Waals surface area (Å²) in [6.07, 6.45) is 1.56. The van der Waals surface area contributed by atoms with E-state index in [4.69, 9.17) is 5.26 Å². The fraction of sp³-hybridized carbons (Fsp3) is 0.0714. The largest absolute Gasteiger partial charge is 0.319 e. The molecular formula is C14H9BrFN3O. The Kier molecular flexibility index (Phi) is 4.43. The first-order valence-corrected chi connectivity index (χ1v) is 6.47. The zero-order chi connectivity index (χ0) is 14.5. The maximum absolute atomic E-state index is 13.6. The van der Waals surface area contributed by atoms with Crippen LogP contribution in [0.5, 0.6) is 0 Å². The number of anilines is 1. The van der Waals surface area contributed by atoms with Gasteiger partial charge in [-0.2, -0.15) is 5.26 Å². The van der Waals surface area contributed by atoms with Crippen LogP contribution in [0.3, 0.4) is 0 Å². The Balaban J connectivity index is 2.22. The molecule has 0 saturated heterocycles. The van der Waals surface area contributed by atoms with E-state index in [-0.39, 0.29) is 12.1 Å². The number of carbonyl (C=O) groups excluding carboxylic acids is 1. The van der Waals surface area contributed by atoms with Crippen molar-refractivity contribution in [1.29, 1.82) is 5.26 Å². The van der Waals surface area contributed by atoms with Gasteiger partial charge in [0.1, 0.15) is 5.82 Å². The minimum atomic E-state index is -0.521. The minimum Gasteiger partial charge on any atom is -0.319 e. The monoisotopic (exact) mass is 333 g/mol. The number of aromatic nitrogens is 1. The second-order valence-corrected chi connectivity index (χ2v) is 4.86. The van der Waals surface area contributed by atoms with Gasteiger partial charge in [-0.1, -0.05) is 15.9 Å². The predicted octanol–water partition coefficient (Wildman–Crippen LogP) is 3.30. The Labute approximate surface area is 123 Å². The Morgan fingerprint density at radius 1 is 1.40 bits per heavy atom. The Morgan fingerprint density at radius 3 is 2.95 bits per heavy atom. The molecule has 0 unspecified atom stereocenters. The molecule has 20 heavy (non-hydrogen) atoms. The van der Waals surface area contributed by atoms with Gasteiger partial charge in [0.05, 0.1) is 23.9 Å². The molecular weight excluding hydrogens is 325 g/mol. The van der Waals surface area contributed by atoms with Gasteiger partial charge in [-0.05, 0) is 30.3 Å². The van der Waals surface area contributed by atoms with Crippen molar-refractivity contribution >= 4 is 27.5 Å². The van der Waals surface area contributed by atoms with E-state index in [1.54, 1.807) is 6.07 Å². The molecule has 2 aromatic rings. The van der Waals surface area contributed by atoms with Crippen LogP contribution in [0.4, 0.5) is 10.1 Å². The molecule has 1 amide bonds. The van der Waals surface area contributed by atoms with Crippen LogP contribution in [0, 0.1) is 17.1 Å². The lowest BCUT2D eigenvalue weighted by Crippen LogP contribution is -2.13. The molecule has 2 rings (SSSR count). The summed E-state index contributed by atoms with van der Waals surface area (Å²) in [5, 5.41) is 11.1. The smallest absolute Gasteiger partial charge is 0.255 e. The van der Waals surface area contributed by atoms with Gasteiger partial charge < -0.3 is 5.32 Å². The summed E-state index contributed by atoms with van der Waals surface area (Å²) in [5.41, 5.74) is 0.905. The number of halogens is 2. The first-order valence-electron chi connectivity index (χ1n) is 5.68. The fourth-order valence-corrected chi connectivity index (χ4v) is 1.95. The molecule has 0 aliphatic carbocycles. The second-order valence-electron chi connectivity index (χ2n) is 3.95. The molecule has 0 atom stereocenters. The Hall–Kier alpha value is -2.26. The van der Waals surface area contributed by atoms with E-state index >= 15 is 0 Å². The van der Waals surface area contributed by atoms with Crippen molar-refractivity contribution in [1.82, 2.24) is 4.98 Å². The van der Waals surface area contributed by atoms with Crippen LogP contribution in [0.25, 0.3) is 0 Å². The number of nitrogens with zero attached hydrogens (tertiary/aromatic N) is 2. The lowest BCUT2D eigenvalue weighted by atomic mass is 10.2. The average Bonchev–Trinajstić information content (AvgIpc) is 2.43. The van der Waals surface area contributed by atoms with Crippen molar-refractivity contribution in [3.8, 4) is 6.07 Å². The van der Waals surface area contributed by atoms with Crippen molar-refractivity contribution in [2.75, 3.05) is 5.32 Å². The number of carbonyl (C=O) groups is 1. The average molecular weight is 334 g/mol. The Bertz CT molecular complexity index is 697. The molecule has 0 saturated carbocycles. The third kappa shape index (κ3) is 3.39. The molecule has 0 aliphatic heterocycles. The zero-order valence-electron chi connectivity index (χ0n) is 10.2. The summed E-state index contributed by atoms with van der Waals surface area (Å²) in [6, 6.07) is 9.25. The predicted molar refractivity (Wildman–Crippen MR) is 75.6 cm³/mol. The summed E-state index contributed by atoms with van der Waals surface area (Å²) < 4.78 is 14.2. The molecule has 1 heterocycles. The lowest BCUT2D eigenvalue weighted by Gasteiger charge is -2.07. The van der Waals surface area contributed by atoms with Crippen LogP contribution in [0.2, 0.25) is 0 Å². The van der Waals surface area contributed by atoms with E-state index in [0.29, 0.717) is 15.7 Å². The summed E-state index contributed by atoms with van der Waals surface area (Å²) in [7, 11) is 0. The maximum Gasteiger partial charge on any atom is 0.255 e. The first-order chi connectivity index (χ1) is 9.60. The van der Waals surface area contributed by atoms with E-state index in [1.165, 1.54) is 30.5 Å². The van der Waals surface area contributed by atoms with Gasteiger partial charge in [0.15, 0.2) is 0 Å². The van der Waals surface area contributed by atoms with Gasteiger partial charge in [0.25, 0.3) is 5.91 Å². The highest BCUT2D eigenvalue weighted by Crippen LogP contribution is 2.20. The molecule has 0 fully saturated rings. The SMILES string of the molecule is N#CCc1cc(C(=O)Nc2cc(Br)ccc2F)ccn1. The second kappa shape index (κ2) is 6.26. The molecule has 1 N–H and O–H groups in total. The molecule has 6 heteroatoms. The van der Waals surface area contributed by atoms with Gasteiger partial charge in [-0.15, -0.1) is 0 Å². The standard InChI is InChI=1S/C14H9BrFN3O/c15-10-1-2-12(16)13(8-10)19-14(20)9-4-6-18-11(7-9)3-5-17/h1-2,4,6-8H,3H2,(H,19,20). The van der Waals surface area contributed by atoms with Gasteiger partial charge in [0.2, 0.25) is 0 Å². The Morgan fingerprint density at radius 2 is 2.20 bits per heavy atom.